The topological polar surface area (TPSA) is 87.6 Å². The summed E-state index contributed by atoms with van der Waals surface area (Å²) in [6.45, 7) is 0.364. The van der Waals surface area contributed by atoms with E-state index in [4.69, 9.17) is 5.11 Å². The number of carboxylic acid groups (broad SMARTS) is 1. The minimum absolute atomic E-state index is 0.156. The molecule has 0 saturated carbocycles. The van der Waals surface area contributed by atoms with E-state index in [2.05, 4.69) is 4.98 Å². The highest BCUT2D eigenvalue weighted by Crippen LogP contribution is 2.33. The fraction of sp³-hybridized carbons (Fsp3) is 0.300. The molecule has 0 spiro atoms. The van der Waals surface area contributed by atoms with Gasteiger partial charge < -0.3 is 5.11 Å². The van der Waals surface area contributed by atoms with Crippen molar-refractivity contribution in [3.63, 3.8) is 0 Å². The molecule has 1 saturated heterocycles. The van der Waals surface area contributed by atoms with Crippen molar-refractivity contribution in [2.45, 2.75) is 32.1 Å². The maximum atomic E-state index is 12.6. The van der Waals surface area contributed by atoms with Crippen LogP contribution in [0.25, 0.3) is 17.0 Å². The third-order valence-corrected chi connectivity index (χ3v) is 5.25. The fourth-order valence-electron chi connectivity index (χ4n) is 2.98. The van der Waals surface area contributed by atoms with Gasteiger partial charge in [0.2, 0.25) is 0 Å². The smallest absolute Gasteiger partial charge is 0.303 e. The number of amides is 2. The summed E-state index contributed by atoms with van der Waals surface area (Å²) in [5.74, 6) is -1.07. The third-order valence-electron chi connectivity index (χ3n) is 4.35. The molecule has 2 heterocycles. The number of fused-ring (bicyclic) bond motifs is 1. The second-order valence-corrected chi connectivity index (χ2v) is 7.31. The average molecular weight is 384 g/mol. The first-order chi connectivity index (χ1) is 13.1. The van der Waals surface area contributed by atoms with Crippen LogP contribution in [0.4, 0.5) is 4.79 Å². The number of benzene rings is 1. The number of carbonyl (C=O) groups excluding carboxylic acids is 2. The van der Waals surface area contributed by atoms with Crippen molar-refractivity contribution in [3.05, 3.63) is 47.0 Å². The number of carbonyl (C=O) groups is 3. The van der Waals surface area contributed by atoms with E-state index in [1.165, 1.54) is 4.90 Å². The minimum Gasteiger partial charge on any atom is -0.481 e. The Hall–Kier alpha value is -2.67. The van der Waals surface area contributed by atoms with Gasteiger partial charge in [0.15, 0.2) is 0 Å². The largest absolute Gasteiger partial charge is 0.481 e. The van der Waals surface area contributed by atoms with E-state index in [-0.39, 0.29) is 17.6 Å². The van der Waals surface area contributed by atoms with E-state index in [1.54, 1.807) is 12.3 Å². The molecule has 27 heavy (non-hydrogen) atoms. The van der Waals surface area contributed by atoms with Gasteiger partial charge in [-0.2, -0.15) is 0 Å². The van der Waals surface area contributed by atoms with Crippen LogP contribution in [0.3, 0.4) is 0 Å². The van der Waals surface area contributed by atoms with Gasteiger partial charge >= 0.3 is 5.97 Å². The molecular formula is C20H20N2O4S. The molecule has 0 aliphatic carbocycles. The van der Waals surface area contributed by atoms with Crippen molar-refractivity contribution >= 4 is 45.9 Å². The molecule has 0 radical (unpaired) electrons. The van der Waals surface area contributed by atoms with Crippen molar-refractivity contribution < 1.29 is 19.5 Å². The number of aromatic nitrogens is 1. The zero-order valence-electron chi connectivity index (χ0n) is 14.8. The molecule has 1 aromatic heterocycles. The summed E-state index contributed by atoms with van der Waals surface area (Å²) < 4.78 is 0. The minimum atomic E-state index is -0.797. The van der Waals surface area contributed by atoms with E-state index in [1.807, 2.05) is 30.3 Å². The average Bonchev–Trinajstić information content (AvgIpc) is 2.91. The molecular weight excluding hydrogens is 364 g/mol. The summed E-state index contributed by atoms with van der Waals surface area (Å²) in [7, 11) is 0. The van der Waals surface area contributed by atoms with Crippen LogP contribution in [0.1, 0.15) is 37.7 Å². The Labute approximate surface area is 161 Å². The monoisotopic (exact) mass is 384 g/mol. The number of unbranched alkanes of at least 4 members (excludes halogenated alkanes) is 3. The van der Waals surface area contributed by atoms with Crippen LogP contribution in [-0.4, -0.2) is 38.7 Å². The molecule has 140 valence electrons. The standard InChI is InChI=1S/C20H20N2O4S/c23-17(24)10-3-1-2-4-12-22-19(25)16(27-20(22)26)13-15-8-5-7-14-9-6-11-21-18(14)15/h5-9,11,13H,1-4,10,12H2,(H,23,24)/b16-13-. The molecule has 1 aromatic carbocycles. The number of pyridine rings is 1. The summed E-state index contributed by atoms with van der Waals surface area (Å²) >= 11 is 0.950. The van der Waals surface area contributed by atoms with Gasteiger partial charge in [-0.3, -0.25) is 24.3 Å². The first-order valence-electron chi connectivity index (χ1n) is 8.87. The Morgan fingerprint density at radius 3 is 2.70 bits per heavy atom. The highest BCUT2D eigenvalue weighted by molar-refractivity contribution is 8.18. The Kier molecular flexibility index (Phi) is 6.24. The molecule has 7 heteroatoms. The van der Waals surface area contributed by atoms with Crippen molar-refractivity contribution in [1.82, 2.24) is 9.88 Å². The summed E-state index contributed by atoms with van der Waals surface area (Å²) in [5.41, 5.74) is 1.61. The van der Waals surface area contributed by atoms with Gasteiger partial charge in [-0.25, -0.2) is 0 Å². The Morgan fingerprint density at radius 1 is 1.11 bits per heavy atom. The molecule has 1 N–H and O–H groups in total. The highest BCUT2D eigenvalue weighted by atomic mass is 32.2. The normalized spacial score (nSPS) is 15.9. The van der Waals surface area contributed by atoms with E-state index < -0.39 is 5.97 Å². The van der Waals surface area contributed by atoms with Gasteiger partial charge in [0.05, 0.1) is 10.4 Å². The molecule has 0 bridgehead atoms. The maximum absolute atomic E-state index is 12.6. The highest BCUT2D eigenvalue weighted by Gasteiger charge is 2.34. The van der Waals surface area contributed by atoms with Crippen molar-refractivity contribution in [1.29, 1.82) is 0 Å². The summed E-state index contributed by atoms with van der Waals surface area (Å²) in [6, 6.07) is 9.55. The number of thioether (sulfide) groups is 1. The number of aliphatic carboxylic acids is 1. The molecule has 1 aliphatic rings. The van der Waals surface area contributed by atoms with Crippen LogP contribution in [0.15, 0.2) is 41.4 Å². The first-order valence-corrected chi connectivity index (χ1v) is 9.69. The predicted molar refractivity (Wildman–Crippen MR) is 105 cm³/mol. The predicted octanol–water partition coefficient (Wildman–Crippen LogP) is 4.31. The number of carboxylic acids is 1. The molecule has 1 fully saturated rings. The van der Waals surface area contributed by atoms with Crippen molar-refractivity contribution in [2.24, 2.45) is 0 Å². The number of hydrogen-bond donors (Lipinski definition) is 1. The lowest BCUT2D eigenvalue weighted by Crippen LogP contribution is -2.29. The Morgan fingerprint density at radius 2 is 1.89 bits per heavy atom. The number of imide groups is 1. The Bertz CT molecular complexity index is 904. The number of hydrogen-bond acceptors (Lipinski definition) is 5. The summed E-state index contributed by atoms with van der Waals surface area (Å²) in [4.78, 5) is 41.3. The lowest BCUT2D eigenvalue weighted by molar-refractivity contribution is -0.137. The molecule has 6 nitrogen and oxygen atoms in total. The van der Waals surface area contributed by atoms with Crippen LogP contribution in [0, 0.1) is 0 Å². The maximum Gasteiger partial charge on any atom is 0.303 e. The van der Waals surface area contributed by atoms with Gasteiger partial charge in [-0.15, -0.1) is 0 Å². The fourth-order valence-corrected chi connectivity index (χ4v) is 3.83. The van der Waals surface area contributed by atoms with E-state index in [0.29, 0.717) is 24.3 Å². The zero-order valence-corrected chi connectivity index (χ0v) is 15.6. The number of nitrogens with zero attached hydrogens (tertiary/aromatic N) is 2. The van der Waals surface area contributed by atoms with E-state index in [9.17, 15) is 14.4 Å². The molecule has 1 aliphatic heterocycles. The van der Waals surface area contributed by atoms with E-state index >= 15 is 0 Å². The summed E-state index contributed by atoms with van der Waals surface area (Å²) in [6.07, 6.45) is 6.46. The van der Waals surface area contributed by atoms with Gasteiger partial charge in [0.25, 0.3) is 11.1 Å². The number of para-hydroxylation sites is 1. The van der Waals surface area contributed by atoms with Crippen LogP contribution in [0.5, 0.6) is 0 Å². The van der Waals surface area contributed by atoms with Crippen LogP contribution in [-0.2, 0) is 9.59 Å². The second kappa shape index (κ2) is 8.81. The zero-order chi connectivity index (χ0) is 19.2. The molecule has 2 aromatic rings. The molecule has 3 rings (SSSR count). The van der Waals surface area contributed by atoms with Crippen LogP contribution >= 0.6 is 11.8 Å². The molecule has 0 atom stereocenters. The first kappa shape index (κ1) is 19.1. The van der Waals surface area contributed by atoms with Gasteiger partial charge in [-0.05, 0) is 36.7 Å². The van der Waals surface area contributed by atoms with Gasteiger partial charge in [-0.1, -0.05) is 37.1 Å². The molecule has 2 amide bonds. The van der Waals surface area contributed by atoms with Gasteiger partial charge in [0, 0.05) is 30.1 Å². The van der Waals surface area contributed by atoms with Crippen LogP contribution < -0.4 is 0 Å². The van der Waals surface area contributed by atoms with Crippen molar-refractivity contribution in [3.8, 4) is 0 Å². The van der Waals surface area contributed by atoms with Crippen LogP contribution in [0.2, 0.25) is 0 Å². The van der Waals surface area contributed by atoms with Gasteiger partial charge in [0.1, 0.15) is 0 Å². The lowest BCUT2D eigenvalue weighted by atomic mass is 10.1. The third kappa shape index (κ3) is 4.74. The van der Waals surface area contributed by atoms with Crippen molar-refractivity contribution in [2.75, 3.05) is 6.54 Å². The molecule has 0 unspecified atom stereocenters. The second-order valence-electron chi connectivity index (χ2n) is 6.31. The quantitative estimate of drug-likeness (QED) is 0.539. The lowest BCUT2D eigenvalue weighted by Gasteiger charge is -2.11. The summed E-state index contributed by atoms with van der Waals surface area (Å²) in [5, 5.41) is 9.34. The Balaban J connectivity index is 1.63. The van der Waals surface area contributed by atoms with E-state index in [0.717, 1.165) is 41.1 Å². The number of rotatable bonds is 8. The SMILES string of the molecule is O=C(O)CCCCCCN1C(=O)S/C(=C\c2cccc3cccnc23)C1=O.